The molecule has 0 bridgehead atoms. The van der Waals surface area contributed by atoms with Crippen LogP contribution in [0.1, 0.15) is 25.7 Å². The van der Waals surface area contributed by atoms with Crippen LogP contribution in [0, 0.1) is 16.7 Å². The fourth-order valence-corrected chi connectivity index (χ4v) is 5.98. The number of rotatable bonds is 2. The average molecular weight is 329 g/mol. The van der Waals surface area contributed by atoms with E-state index < -0.39 is 15.4 Å². The van der Waals surface area contributed by atoms with E-state index in [9.17, 15) is 13.2 Å². The smallest absolute Gasteiger partial charge is 0.229 e. The van der Waals surface area contributed by atoms with Gasteiger partial charge in [-0.25, -0.2) is 12.7 Å². The van der Waals surface area contributed by atoms with Crippen molar-refractivity contribution in [2.24, 2.45) is 16.7 Å². The Bertz CT molecular complexity index is 569. The zero-order valence-electron chi connectivity index (χ0n) is 13.8. The fourth-order valence-electron chi connectivity index (χ4n) is 5.09. The molecule has 1 spiro atoms. The summed E-state index contributed by atoms with van der Waals surface area (Å²) in [5.41, 5.74) is -0.375. The van der Waals surface area contributed by atoms with Crippen LogP contribution in [0.15, 0.2) is 0 Å². The molecule has 7 heteroatoms. The van der Waals surface area contributed by atoms with Crippen LogP contribution in [-0.4, -0.2) is 70.1 Å². The fraction of sp³-hybridized carbons (Fsp3) is 0.933. The van der Waals surface area contributed by atoms with Gasteiger partial charge in [0.25, 0.3) is 0 Å². The van der Waals surface area contributed by atoms with Crippen molar-refractivity contribution in [3.05, 3.63) is 0 Å². The van der Waals surface area contributed by atoms with Gasteiger partial charge in [0, 0.05) is 27.2 Å². The number of hydrogen-bond donors (Lipinski definition) is 1. The first-order chi connectivity index (χ1) is 10.2. The highest BCUT2D eigenvalue weighted by Gasteiger charge is 2.65. The van der Waals surface area contributed by atoms with E-state index in [4.69, 9.17) is 0 Å². The largest absolute Gasteiger partial charge is 0.348 e. The van der Waals surface area contributed by atoms with Gasteiger partial charge >= 0.3 is 0 Å². The minimum absolute atomic E-state index is 0.110. The first-order valence-corrected chi connectivity index (χ1v) is 9.94. The predicted octanol–water partition coefficient (Wildman–Crippen LogP) is 0.116. The predicted molar refractivity (Wildman–Crippen MR) is 84.8 cm³/mol. The van der Waals surface area contributed by atoms with Gasteiger partial charge in [-0.2, -0.15) is 0 Å². The summed E-state index contributed by atoms with van der Waals surface area (Å²) in [5.74, 6) is 0.269. The summed E-state index contributed by atoms with van der Waals surface area (Å²) >= 11 is 0. The molecule has 0 unspecified atom stereocenters. The Labute approximate surface area is 133 Å². The average Bonchev–Trinajstić information content (AvgIpc) is 2.97. The molecule has 2 saturated heterocycles. The van der Waals surface area contributed by atoms with E-state index in [1.54, 1.807) is 23.3 Å². The number of nitrogens with one attached hydrogen (secondary N) is 1. The molecule has 3 aliphatic rings. The molecule has 1 aliphatic carbocycles. The van der Waals surface area contributed by atoms with Gasteiger partial charge in [-0.05, 0) is 50.1 Å². The minimum Gasteiger partial charge on any atom is -0.348 e. The highest BCUT2D eigenvalue weighted by atomic mass is 32.2. The van der Waals surface area contributed by atoms with Gasteiger partial charge in [0.2, 0.25) is 15.9 Å². The molecule has 0 aromatic heterocycles. The molecule has 1 saturated carbocycles. The zero-order valence-corrected chi connectivity index (χ0v) is 14.6. The van der Waals surface area contributed by atoms with Gasteiger partial charge in [-0.1, -0.05) is 0 Å². The monoisotopic (exact) mass is 329 g/mol. The standard InChI is InChI=1S/C15H27N3O3S/c1-17(2)13(19)15-5-4-14(6-8-16-9-7-14)12(15)10-18(11-15)22(3,20)21/h12,16H,4-11H2,1-3H3/t12-,15+/m1/s1. The third-order valence-electron chi connectivity index (χ3n) is 6.22. The number of fused-ring (bicyclic) bond motifs is 2. The van der Waals surface area contributed by atoms with Crippen molar-refractivity contribution in [3.63, 3.8) is 0 Å². The van der Waals surface area contributed by atoms with Gasteiger partial charge < -0.3 is 10.2 Å². The van der Waals surface area contributed by atoms with E-state index in [0.717, 1.165) is 38.8 Å². The second kappa shape index (κ2) is 5.18. The molecular formula is C15H27N3O3S. The second-order valence-electron chi connectivity index (χ2n) is 7.58. The lowest BCUT2D eigenvalue weighted by atomic mass is 9.66. The van der Waals surface area contributed by atoms with Crippen molar-refractivity contribution in [2.75, 3.05) is 46.5 Å². The molecular weight excluding hydrogens is 302 g/mol. The van der Waals surface area contributed by atoms with Crippen LogP contribution in [0.4, 0.5) is 0 Å². The quantitative estimate of drug-likeness (QED) is 0.781. The van der Waals surface area contributed by atoms with Crippen LogP contribution >= 0.6 is 0 Å². The van der Waals surface area contributed by atoms with E-state index in [2.05, 4.69) is 5.32 Å². The Kier molecular flexibility index (Phi) is 3.81. The molecule has 126 valence electrons. The van der Waals surface area contributed by atoms with Gasteiger partial charge in [-0.15, -0.1) is 0 Å². The lowest BCUT2D eigenvalue weighted by Gasteiger charge is -2.41. The maximum atomic E-state index is 12.9. The number of amides is 1. The van der Waals surface area contributed by atoms with Crippen LogP contribution in [0.2, 0.25) is 0 Å². The number of carbonyl (C=O) groups is 1. The normalized spacial score (nSPS) is 34.8. The first-order valence-electron chi connectivity index (χ1n) is 8.09. The summed E-state index contributed by atoms with van der Waals surface area (Å²) < 4.78 is 25.7. The Hall–Kier alpha value is -0.660. The number of sulfonamides is 1. The molecule has 2 atom stereocenters. The van der Waals surface area contributed by atoms with Crippen LogP contribution in [0.5, 0.6) is 0 Å². The number of carbonyl (C=O) groups excluding carboxylic acids is 1. The van der Waals surface area contributed by atoms with E-state index in [0.29, 0.717) is 13.1 Å². The zero-order chi connectivity index (χ0) is 16.2. The van der Waals surface area contributed by atoms with Gasteiger partial charge in [0.1, 0.15) is 0 Å². The number of hydrogen-bond acceptors (Lipinski definition) is 4. The third kappa shape index (κ3) is 2.29. The Morgan fingerprint density at radius 3 is 2.36 bits per heavy atom. The summed E-state index contributed by atoms with van der Waals surface area (Å²) in [4.78, 5) is 14.6. The Morgan fingerprint density at radius 1 is 1.18 bits per heavy atom. The van der Waals surface area contributed by atoms with E-state index in [1.165, 1.54) is 6.26 Å². The Morgan fingerprint density at radius 2 is 1.82 bits per heavy atom. The van der Waals surface area contributed by atoms with Crippen LogP contribution in [0.25, 0.3) is 0 Å². The van der Waals surface area contributed by atoms with Crippen LogP contribution in [-0.2, 0) is 14.8 Å². The van der Waals surface area contributed by atoms with Gasteiger partial charge in [0.15, 0.2) is 0 Å². The van der Waals surface area contributed by atoms with Crippen molar-refractivity contribution in [2.45, 2.75) is 25.7 Å². The van der Waals surface area contributed by atoms with Gasteiger partial charge in [0.05, 0.1) is 11.7 Å². The SMILES string of the molecule is CN(C)C(=O)[C@]12CCC3(CCNCC3)[C@H]1CN(S(C)(=O)=O)C2. The van der Waals surface area contributed by atoms with Crippen molar-refractivity contribution in [1.82, 2.24) is 14.5 Å². The molecule has 2 aliphatic heterocycles. The van der Waals surface area contributed by atoms with E-state index in [1.807, 2.05) is 0 Å². The lowest BCUT2D eigenvalue weighted by molar-refractivity contribution is -0.141. The minimum atomic E-state index is -3.25. The molecule has 0 radical (unpaired) electrons. The lowest BCUT2D eigenvalue weighted by Crippen LogP contribution is -2.48. The van der Waals surface area contributed by atoms with Gasteiger partial charge in [-0.3, -0.25) is 4.79 Å². The van der Waals surface area contributed by atoms with E-state index >= 15 is 0 Å². The molecule has 1 amide bonds. The Balaban J connectivity index is 2.00. The van der Waals surface area contributed by atoms with Crippen molar-refractivity contribution >= 4 is 15.9 Å². The molecule has 1 N–H and O–H groups in total. The highest BCUT2D eigenvalue weighted by molar-refractivity contribution is 7.88. The molecule has 3 fully saturated rings. The first kappa shape index (κ1) is 16.2. The molecule has 0 aromatic rings. The van der Waals surface area contributed by atoms with E-state index in [-0.39, 0.29) is 17.2 Å². The van der Waals surface area contributed by atoms with Crippen molar-refractivity contribution < 1.29 is 13.2 Å². The molecule has 22 heavy (non-hydrogen) atoms. The number of nitrogens with zero attached hydrogens (tertiary/aromatic N) is 2. The summed E-state index contributed by atoms with van der Waals surface area (Å²) in [7, 11) is 0.315. The third-order valence-corrected chi connectivity index (χ3v) is 7.44. The summed E-state index contributed by atoms with van der Waals surface area (Å²) in [5, 5.41) is 3.39. The summed E-state index contributed by atoms with van der Waals surface area (Å²) in [6.45, 7) is 2.82. The molecule has 0 aromatic carbocycles. The molecule has 3 rings (SSSR count). The topological polar surface area (TPSA) is 69.7 Å². The van der Waals surface area contributed by atoms with Crippen LogP contribution < -0.4 is 5.32 Å². The molecule has 6 nitrogen and oxygen atoms in total. The molecule has 2 heterocycles. The maximum Gasteiger partial charge on any atom is 0.229 e. The number of piperidine rings is 1. The highest BCUT2D eigenvalue weighted by Crippen LogP contribution is 2.62. The second-order valence-corrected chi connectivity index (χ2v) is 9.56. The maximum absolute atomic E-state index is 12.9. The van der Waals surface area contributed by atoms with Crippen molar-refractivity contribution in [3.8, 4) is 0 Å². The van der Waals surface area contributed by atoms with Crippen molar-refractivity contribution in [1.29, 1.82) is 0 Å². The summed E-state index contributed by atoms with van der Waals surface area (Å²) in [6.07, 6.45) is 5.24. The van der Waals surface area contributed by atoms with Crippen LogP contribution in [0.3, 0.4) is 0 Å². The summed E-state index contributed by atoms with van der Waals surface area (Å²) in [6, 6.07) is 0.